The molecule has 1 aliphatic rings. The van der Waals surface area contributed by atoms with Crippen LogP contribution in [0.1, 0.15) is 39.7 Å². The van der Waals surface area contributed by atoms with Crippen LogP contribution in [0.5, 0.6) is 5.75 Å². The van der Waals surface area contributed by atoms with Gasteiger partial charge in [-0.15, -0.1) is 0 Å². The van der Waals surface area contributed by atoms with Crippen LogP contribution in [0.3, 0.4) is 0 Å². The zero-order valence-corrected chi connectivity index (χ0v) is 14.5. The van der Waals surface area contributed by atoms with Gasteiger partial charge in [-0.3, -0.25) is 0 Å². The van der Waals surface area contributed by atoms with Gasteiger partial charge in [-0.2, -0.15) is 0 Å². The molecule has 1 aliphatic heterocycles. The van der Waals surface area contributed by atoms with Gasteiger partial charge in [0.25, 0.3) is 0 Å². The second kappa shape index (κ2) is 8.39. The molecule has 0 aromatic heterocycles. The summed E-state index contributed by atoms with van der Waals surface area (Å²) in [7, 11) is 0. The van der Waals surface area contributed by atoms with Gasteiger partial charge >= 0.3 is 0 Å². The average molecular weight is 305 g/mol. The molecule has 0 amide bonds. The van der Waals surface area contributed by atoms with Crippen molar-refractivity contribution in [1.82, 2.24) is 10.6 Å². The van der Waals surface area contributed by atoms with Crippen molar-refractivity contribution in [1.29, 1.82) is 0 Å². The van der Waals surface area contributed by atoms with E-state index in [1.807, 2.05) is 0 Å². The van der Waals surface area contributed by atoms with E-state index in [4.69, 9.17) is 4.74 Å². The number of hydrogen-bond donors (Lipinski definition) is 2. The van der Waals surface area contributed by atoms with E-state index in [2.05, 4.69) is 61.4 Å². The molecule has 4 heteroatoms. The van der Waals surface area contributed by atoms with Gasteiger partial charge < -0.3 is 20.3 Å². The predicted octanol–water partition coefficient (Wildman–Crippen LogP) is 2.77. The number of piperazine rings is 1. The maximum absolute atomic E-state index is 6.08. The summed E-state index contributed by atoms with van der Waals surface area (Å²) < 4.78 is 6.08. The molecule has 0 radical (unpaired) electrons. The van der Waals surface area contributed by atoms with Crippen LogP contribution >= 0.6 is 0 Å². The van der Waals surface area contributed by atoms with Gasteiger partial charge in [0, 0.05) is 38.8 Å². The van der Waals surface area contributed by atoms with Crippen LogP contribution < -0.4 is 20.3 Å². The topological polar surface area (TPSA) is 36.5 Å². The number of benzene rings is 1. The van der Waals surface area contributed by atoms with E-state index in [1.54, 1.807) is 0 Å². The molecule has 0 bridgehead atoms. The molecule has 1 aromatic rings. The lowest BCUT2D eigenvalue weighted by Crippen LogP contribution is -2.43. The van der Waals surface area contributed by atoms with Crippen molar-refractivity contribution in [3.63, 3.8) is 0 Å². The van der Waals surface area contributed by atoms with Crippen molar-refractivity contribution in [2.45, 2.75) is 52.8 Å². The second-order valence-corrected chi connectivity index (χ2v) is 6.40. The molecule has 4 nitrogen and oxygen atoms in total. The van der Waals surface area contributed by atoms with E-state index in [9.17, 15) is 0 Å². The van der Waals surface area contributed by atoms with Crippen molar-refractivity contribution in [3.05, 3.63) is 23.8 Å². The van der Waals surface area contributed by atoms with Crippen LogP contribution in [0.25, 0.3) is 0 Å². The van der Waals surface area contributed by atoms with E-state index in [0.29, 0.717) is 6.04 Å². The molecule has 0 spiro atoms. The van der Waals surface area contributed by atoms with Gasteiger partial charge in [-0.05, 0) is 44.9 Å². The van der Waals surface area contributed by atoms with Gasteiger partial charge in [-0.25, -0.2) is 0 Å². The van der Waals surface area contributed by atoms with E-state index in [-0.39, 0.29) is 6.10 Å². The molecule has 22 heavy (non-hydrogen) atoms. The summed E-state index contributed by atoms with van der Waals surface area (Å²) in [6.07, 6.45) is 1.34. The zero-order chi connectivity index (χ0) is 15.9. The summed E-state index contributed by atoms with van der Waals surface area (Å²) >= 11 is 0. The highest BCUT2D eigenvalue weighted by Gasteiger charge is 2.16. The molecule has 2 rings (SSSR count). The third kappa shape index (κ3) is 4.89. The molecule has 0 aliphatic carbocycles. The second-order valence-electron chi connectivity index (χ2n) is 6.40. The molecule has 1 unspecified atom stereocenters. The first-order valence-corrected chi connectivity index (χ1v) is 8.58. The highest BCUT2D eigenvalue weighted by molar-refractivity contribution is 5.60. The molecule has 1 fully saturated rings. The van der Waals surface area contributed by atoms with Crippen LogP contribution in [-0.2, 0) is 6.54 Å². The molecular formula is C18H31N3O. The Morgan fingerprint density at radius 1 is 1.23 bits per heavy atom. The number of rotatable bonds is 7. The van der Waals surface area contributed by atoms with Crippen molar-refractivity contribution in [3.8, 4) is 5.75 Å². The highest BCUT2D eigenvalue weighted by atomic mass is 16.5. The summed E-state index contributed by atoms with van der Waals surface area (Å²) in [6.45, 7) is 13.7. The molecular weight excluding hydrogens is 274 g/mol. The Kier molecular flexibility index (Phi) is 6.52. The Hall–Kier alpha value is -1.26. The van der Waals surface area contributed by atoms with Crippen LogP contribution in [-0.4, -0.2) is 38.3 Å². The monoisotopic (exact) mass is 305 g/mol. The molecule has 0 saturated carbocycles. The number of ether oxygens (including phenoxy) is 1. The lowest BCUT2D eigenvalue weighted by atomic mass is 10.1. The smallest absolute Gasteiger partial charge is 0.143 e. The normalized spacial score (nSPS) is 16.9. The Balaban J connectivity index is 2.14. The molecule has 124 valence electrons. The number of nitrogens with one attached hydrogen (secondary N) is 2. The van der Waals surface area contributed by atoms with Gasteiger partial charge in [0.15, 0.2) is 0 Å². The fourth-order valence-corrected chi connectivity index (χ4v) is 2.62. The first-order valence-electron chi connectivity index (χ1n) is 8.58. The fourth-order valence-electron chi connectivity index (χ4n) is 2.62. The highest BCUT2D eigenvalue weighted by Crippen LogP contribution is 2.31. The summed E-state index contributed by atoms with van der Waals surface area (Å²) in [5.41, 5.74) is 2.51. The van der Waals surface area contributed by atoms with E-state index in [1.165, 1.54) is 11.3 Å². The van der Waals surface area contributed by atoms with Crippen molar-refractivity contribution in [2.24, 2.45) is 0 Å². The first-order chi connectivity index (χ1) is 10.6. The first kappa shape index (κ1) is 17.1. The number of nitrogens with zero attached hydrogens (tertiary/aromatic N) is 1. The Bertz CT molecular complexity index is 456. The predicted molar refractivity (Wildman–Crippen MR) is 93.9 cm³/mol. The van der Waals surface area contributed by atoms with E-state index < -0.39 is 0 Å². The van der Waals surface area contributed by atoms with Crippen molar-refractivity contribution < 1.29 is 4.74 Å². The molecule has 1 saturated heterocycles. The number of hydrogen-bond acceptors (Lipinski definition) is 4. The SMILES string of the molecule is CCC(C)NCc1ccc(N2CCNCC2)c(OC(C)C)c1. The third-order valence-corrected chi connectivity index (χ3v) is 4.11. The van der Waals surface area contributed by atoms with Crippen molar-refractivity contribution >= 4 is 5.69 Å². The third-order valence-electron chi connectivity index (χ3n) is 4.11. The number of anilines is 1. The summed E-state index contributed by atoms with van der Waals surface area (Å²) in [4.78, 5) is 2.42. The largest absolute Gasteiger partial charge is 0.489 e. The van der Waals surface area contributed by atoms with Crippen LogP contribution in [0.15, 0.2) is 18.2 Å². The fraction of sp³-hybridized carbons (Fsp3) is 0.667. The van der Waals surface area contributed by atoms with Crippen LogP contribution in [0.4, 0.5) is 5.69 Å². The van der Waals surface area contributed by atoms with Crippen molar-refractivity contribution in [2.75, 3.05) is 31.1 Å². The van der Waals surface area contributed by atoms with Crippen LogP contribution in [0, 0.1) is 0 Å². The Morgan fingerprint density at radius 2 is 1.95 bits per heavy atom. The minimum absolute atomic E-state index is 0.194. The minimum Gasteiger partial charge on any atom is -0.489 e. The molecule has 1 atom stereocenters. The summed E-state index contributed by atoms with van der Waals surface area (Å²) in [6, 6.07) is 7.19. The van der Waals surface area contributed by atoms with Gasteiger partial charge in [0.2, 0.25) is 0 Å². The standard InChI is InChI=1S/C18H31N3O/c1-5-15(4)20-13-16-6-7-17(18(12-16)22-14(2)3)21-10-8-19-9-11-21/h6-7,12,14-15,19-20H,5,8-11,13H2,1-4H3. The van der Waals surface area contributed by atoms with Gasteiger partial charge in [0.1, 0.15) is 5.75 Å². The average Bonchev–Trinajstić information content (AvgIpc) is 2.53. The quantitative estimate of drug-likeness (QED) is 0.812. The lowest BCUT2D eigenvalue weighted by molar-refractivity contribution is 0.242. The summed E-state index contributed by atoms with van der Waals surface area (Å²) in [5.74, 6) is 1.01. The Morgan fingerprint density at radius 3 is 2.59 bits per heavy atom. The van der Waals surface area contributed by atoms with Gasteiger partial charge in [-0.1, -0.05) is 13.0 Å². The maximum Gasteiger partial charge on any atom is 0.143 e. The van der Waals surface area contributed by atoms with Crippen LogP contribution in [0.2, 0.25) is 0 Å². The molecule has 1 aromatic carbocycles. The van der Waals surface area contributed by atoms with E-state index in [0.717, 1.165) is 44.9 Å². The summed E-state index contributed by atoms with van der Waals surface area (Å²) in [5, 5.41) is 6.95. The maximum atomic E-state index is 6.08. The minimum atomic E-state index is 0.194. The Labute approximate surface area is 135 Å². The van der Waals surface area contributed by atoms with Gasteiger partial charge in [0.05, 0.1) is 11.8 Å². The lowest BCUT2D eigenvalue weighted by Gasteiger charge is -2.31. The molecule has 1 heterocycles. The zero-order valence-electron chi connectivity index (χ0n) is 14.5. The molecule has 2 N–H and O–H groups in total. The van der Waals surface area contributed by atoms with E-state index >= 15 is 0 Å².